The molecular weight excluding hydrogens is 634 g/mol. The molecule has 6 amide bonds. The van der Waals surface area contributed by atoms with Gasteiger partial charge in [0.25, 0.3) is 0 Å². The van der Waals surface area contributed by atoms with E-state index in [2.05, 4.69) is 26.6 Å². The summed E-state index contributed by atoms with van der Waals surface area (Å²) in [6.45, 7) is 3.31. The van der Waals surface area contributed by atoms with Crippen LogP contribution < -0.4 is 61.0 Å². The van der Waals surface area contributed by atoms with Crippen LogP contribution in [-0.2, 0) is 28.8 Å². The van der Waals surface area contributed by atoms with Gasteiger partial charge in [0.2, 0.25) is 35.4 Å². The molecule has 0 radical (unpaired) electrons. The van der Waals surface area contributed by atoms with Crippen LogP contribution in [0.25, 0.3) is 0 Å². The second-order valence-electron chi connectivity index (χ2n) is 12.3. The number of carbonyl (C=O) groups excluding carboxylic acids is 6. The third-order valence-corrected chi connectivity index (χ3v) is 7.99. The summed E-state index contributed by atoms with van der Waals surface area (Å²) in [7, 11) is 0. The highest BCUT2D eigenvalue weighted by atomic mass is 16.2. The number of hydrogen-bond acceptors (Lipinski definition) is 11. The molecule has 0 aliphatic rings. The Morgan fingerprint density at radius 3 is 0.837 bits per heavy atom. The lowest BCUT2D eigenvalue weighted by Crippen LogP contribution is -2.59. The van der Waals surface area contributed by atoms with Crippen molar-refractivity contribution in [3.8, 4) is 0 Å². The van der Waals surface area contributed by atoms with E-state index in [0.29, 0.717) is 110 Å². The highest BCUT2D eigenvalue weighted by Crippen LogP contribution is 2.10. The van der Waals surface area contributed by atoms with Crippen LogP contribution in [0, 0.1) is 0 Å². The first-order valence-electron chi connectivity index (χ1n) is 17.7. The first-order chi connectivity index (χ1) is 23.4. The number of primary amides is 1. The zero-order valence-electron chi connectivity index (χ0n) is 29.4. The van der Waals surface area contributed by atoms with Crippen LogP contribution in [0.4, 0.5) is 0 Å². The third-order valence-electron chi connectivity index (χ3n) is 7.99. The summed E-state index contributed by atoms with van der Waals surface area (Å²) in [4.78, 5) is 77.9. The van der Waals surface area contributed by atoms with Crippen molar-refractivity contribution in [2.75, 3.05) is 32.7 Å². The fourth-order valence-corrected chi connectivity index (χ4v) is 5.16. The maximum absolute atomic E-state index is 13.7. The summed E-state index contributed by atoms with van der Waals surface area (Å²) in [6.07, 6.45) is 7.12. The van der Waals surface area contributed by atoms with E-state index in [1.165, 1.54) is 6.92 Å². The van der Waals surface area contributed by atoms with E-state index in [-0.39, 0.29) is 19.3 Å². The van der Waals surface area contributed by atoms with Crippen LogP contribution in [-0.4, -0.2) is 98.4 Å². The predicted octanol–water partition coefficient (Wildman–Crippen LogP) is -2.44. The first kappa shape index (κ1) is 45.6. The van der Waals surface area contributed by atoms with E-state index >= 15 is 0 Å². The van der Waals surface area contributed by atoms with Gasteiger partial charge in [0.15, 0.2) is 0 Å². The summed E-state index contributed by atoms with van der Waals surface area (Å²) in [5.74, 6) is -3.42. The van der Waals surface area contributed by atoms with E-state index in [4.69, 9.17) is 34.4 Å². The Morgan fingerprint density at radius 2 is 0.612 bits per heavy atom. The molecular formula is C32H65N11O6. The van der Waals surface area contributed by atoms with Crippen molar-refractivity contribution in [1.29, 1.82) is 0 Å². The molecule has 0 heterocycles. The Bertz CT molecular complexity index is 987. The normalized spacial score (nSPS) is 14.1. The number of carbonyl (C=O) groups is 6. The second kappa shape index (κ2) is 28.5. The Balaban J connectivity index is 6.07. The number of unbranched alkanes of at least 4 members (excludes halogenated alkanes) is 5. The van der Waals surface area contributed by atoms with Gasteiger partial charge in [-0.2, -0.15) is 0 Å². The lowest BCUT2D eigenvalue weighted by molar-refractivity contribution is -0.135. The number of nitrogens with one attached hydrogen (secondary N) is 5. The minimum absolute atomic E-state index is 0.214. The lowest BCUT2D eigenvalue weighted by atomic mass is 10.0. The van der Waals surface area contributed by atoms with Gasteiger partial charge in [-0.25, -0.2) is 0 Å². The molecule has 0 spiro atoms. The molecule has 17 heteroatoms. The molecule has 0 aliphatic heterocycles. The molecule has 0 aromatic rings. The highest BCUT2D eigenvalue weighted by molar-refractivity contribution is 5.96. The molecule has 0 aromatic heterocycles. The molecule has 17 N–H and O–H groups in total. The number of rotatable bonds is 30. The van der Waals surface area contributed by atoms with E-state index in [0.717, 1.165) is 0 Å². The minimum atomic E-state index is -1.06. The SMILES string of the molecule is CC(=O)N[C@@H](CCCCN)C(=O)N[C@@H](CCCCN)C(=O)N[C@@H](CCCCN)C(=O)N[C@@H](CCCCN)C(=O)N[C@@H](CCCCN)C(N)=O. The van der Waals surface area contributed by atoms with Gasteiger partial charge < -0.3 is 61.0 Å². The molecule has 0 fully saturated rings. The summed E-state index contributed by atoms with van der Waals surface area (Å²) >= 11 is 0. The monoisotopic (exact) mass is 700 g/mol. The van der Waals surface area contributed by atoms with Gasteiger partial charge in [-0.1, -0.05) is 0 Å². The molecule has 17 nitrogen and oxygen atoms in total. The lowest BCUT2D eigenvalue weighted by Gasteiger charge is -2.27. The minimum Gasteiger partial charge on any atom is -0.368 e. The van der Waals surface area contributed by atoms with Crippen LogP contribution in [0.15, 0.2) is 0 Å². The number of amides is 6. The predicted molar refractivity (Wildman–Crippen MR) is 189 cm³/mol. The molecule has 284 valence electrons. The van der Waals surface area contributed by atoms with Crippen molar-refractivity contribution in [1.82, 2.24) is 26.6 Å². The van der Waals surface area contributed by atoms with Crippen molar-refractivity contribution >= 4 is 35.4 Å². The average Bonchev–Trinajstić information content (AvgIpc) is 3.05. The summed E-state index contributed by atoms with van der Waals surface area (Å²) in [5, 5.41) is 13.5. The molecule has 0 bridgehead atoms. The van der Waals surface area contributed by atoms with Crippen molar-refractivity contribution in [3.63, 3.8) is 0 Å². The van der Waals surface area contributed by atoms with Crippen LogP contribution >= 0.6 is 0 Å². The van der Waals surface area contributed by atoms with Gasteiger partial charge in [-0.3, -0.25) is 28.8 Å². The first-order valence-corrected chi connectivity index (χ1v) is 17.7. The quantitative estimate of drug-likeness (QED) is 0.0350. The summed E-state index contributed by atoms with van der Waals surface area (Å²) in [5.41, 5.74) is 33.7. The molecule has 0 aromatic carbocycles. The third kappa shape index (κ3) is 21.3. The van der Waals surface area contributed by atoms with Gasteiger partial charge in [0, 0.05) is 6.92 Å². The fourth-order valence-electron chi connectivity index (χ4n) is 5.16. The Morgan fingerprint density at radius 1 is 0.388 bits per heavy atom. The van der Waals surface area contributed by atoms with E-state index in [1.807, 2.05) is 0 Å². The Kier molecular flexibility index (Phi) is 26.5. The Labute approximate surface area is 291 Å². The van der Waals surface area contributed by atoms with Crippen LogP contribution in [0.5, 0.6) is 0 Å². The van der Waals surface area contributed by atoms with Crippen molar-refractivity contribution in [3.05, 3.63) is 0 Å². The van der Waals surface area contributed by atoms with Crippen LogP contribution in [0.2, 0.25) is 0 Å². The van der Waals surface area contributed by atoms with Gasteiger partial charge in [0.1, 0.15) is 30.2 Å². The van der Waals surface area contributed by atoms with Gasteiger partial charge >= 0.3 is 0 Å². The van der Waals surface area contributed by atoms with E-state index < -0.39 is 65.7 Å². The zero-order chi connectivity index (χ0) is 37.0. The average molecular weight is 700 g/mol. The summed E-state index contributed by atoms with van der Waals surface area (Å²) < 4.78 is 0. The maximum atomic E-state index is 13.7. The van der Waals surface area contributed by atoms with Crippen molar-refractivity contribution in [2.24, 2.45) is 34.4 Å². The Hall–Kier alpha value is -3.38. The smallest absolute Gasteiger partial charge is 0.243 e. The molecule has 0 saturated heterocycles. The molecule has 5 atom stereocenters. The zero-order valence-corrected chi connectivity index (χ0v) is 29.4. The second-order valence-corrected chi connectivity index (χ2v) is 12.3. The van der Waals surface area contributed by atoms with Crippen LogP contribution in [0.1, 0.15) is 103 Å². The number of hydrogen-bond donors (Lipinski definition) is 11. The van der Waals surface area contributed by atoms with Gasteiger partial charge in [0.05, 0.1) is 0 Å². The molecule has 49 heavy (non-hydrogen) atoms. The van der Waals surface area contributed by atoms with Crippen molar-refractivity contribution in [2.45, 2.75) is 133 Å². The standard InChI is InChI=1S/C32H65N11O6/c1-22(44)39-24(13-3-8-18-34)29(46)41-26(15-5-10-20-36)31(48)43-27(16-6-11-21-37)32(49)42-25(14-4-9-19-35)30(47)40-23(28(38)45)12-2-7-17-33/h23-27H,2-21,33-37H2,1H3,(H2,38,45)(H,39,44)(H,40,47)(H,41,46)(H,42,49)(H,43,48)/t23-,24-,25-,26-,27-/m0/s1. The highest BCUT2D eigenvalue weighted by Gasteiger charge is 2.31. The van der Waals surface area contributed by atoms with Gasteiger partial charge in [-0.05, 0) is 129 Å². The molecule has 0 saturated carbocycles. The van der Waals surface area contributed by atoms with E-state index in [1.54, 1.807) is 0 Å². The topological polar surface area (TPSA) is 319 Å². The molecule has 0 unspecified atom stereocenters. The fraction of sp³-hybridized carbons (Fsp3) is 0.812. The largest absolute Gasteiger partial charge is 0.368 e. The summed E-state index contributed by atoms with van der Waals surface area (Å²) in [6, 6.07) is -4.93. The van der Waals surface area contributed by atoms with Gasteiger partial charge in [-0.15, -0.1) is 0 Å². The molecule has 0 aliphatic carbocycles. The van der Waals surface area contributed by atoms with Crippen molar-refractivity contribution < 1.29 is 28.8 Å². The number of nitrogens with two attached hydrogens (primary N) is 6. The van der Waals surface area contributed by atoms with Crippen LogP contribution in [0.3, 0.4) is 0 Å². The maximum Gasteiger partial charge on any atom is 0.243 e. The van der Waals surface area contributed by atoms with E-state index in [9.17, 15) is 28.8 Å². The molecule has 0 rings (SSSR count).